The van der Waals surface area contributed by atoms with Crippen molar-refractivity contribution in [3.8, 4) is 0 Å². The number of sulfonamides is 1. The molecule has 0 spiro atoms. The van der Waals surface area contributed by atoms with E-state index in [2.05, 4.69) is 14.8 Å². The molecule has 0 rings (SSSR count). The van der Waals surface area contributed by atoms with Crippen molar-refractivity contribution in [3.05, 3.63) is 22.1 Å². The van der Waals surface area contributed by atoms with Crippen molar-refractivity contribution in [2.45, 2.75) is 73.1 Å². The van der Waals surface area contributed by atoms with Gasteiger partial charge in [-0.3, -0.25) is 10.0 Å². The van der Waals surface area contributed by atoms with E-state index < -0.39 is 27.7 Å². The summed E-state index contributed by atoms with van der Waals surface area (Å²) in [6, 6.07) is 0. The average Bonchev–Trinajstić information content (AvgIpc) is 2.42. The Bertz CT molecular complexity index is 707. The third-order valence-corrected chi connectivity index (χ3v) is 4.99. The molecule has 0 aliphatic heterocycles. The largest absolute Gasteiger partial charge is 0.447 e. The van der Waals surface area contributed by atoms with Gasteiger partial charge in [-0.25, -0.2) is 22.7 Å². The summed E-state index contributed by atoms with van der Waals surface area (Å²) < 4.78 is 39.6. The molecule has 0 saturated carbocycles. The van der Waals surface area contributed by atoms with Crippen LogP contribution in [0.25, 0.3) is 0 Å². The van der Waals surface area contributed by atoms with Crippen molar-refractivity contribution in [3.63, 3.8) is 0 Å². The highest BCUT2D eigenvalue weighted by Crippen LogP contribution is 2.13. The molecule has 0 aromatic carbocycles. The normalized spacial score (nSPS) is 13.5. The quantitative estimate of drug-likeness (QED) is 0.393. The predicted molar refractivity (Wildman–Crippen MR) is 111 cm³/mol. The van der Waals surface area contributed by atoms with Crippen molar-refractivity contribution >= 4 is 34.2 Å². The van der Waals surface area contributed by atoms with Crippen LogP contribution in [-0.2, 0) is 19.5 Å². The Morgan fingerprint density at radius 3 is 1.96 bits per heavy atom. The number of alkyl carbamates (subject to hydrolysis) is 1. The SMILES string of the molecule is C/C(=C\C(=C/SNC(=O)OC(C)C)NC(=O)OC(C)C)S(=O)(=O)NC(C)(C)C. The minimum atomic E-state index is -3.77. The smallest absolute Gasteiger partial charge is 0.417 e. The summed E-state index contributed by atoms with van der Waals surface area (Å²) in [6.07, 6.45) is -0.804. The van der Waals surface area contributed by atoms with E-state index in [0.29, 0.717) is 0 Å². The number of carbonyl (C=O) groups is 2. The van der Waals surface area contributed by atoms with E-state index in [-0.39, 0.29) is 22.8 Å². The van der Waals surface area contributed by atoms with Crippen molar-refractivity contribution < 1.29 is 27.5 Å². The van der Waals surface area contributed by atoms with Gasteiger partial charge in [-0.1, -0.05) is 0 Å². The van der Waals surface area contributed by atoms with Gasteiger partial charge in [-0.05, 0) is 73.4 Å². The van der Waals surface area contributed by atoms with Crippen LogP contribution in [0.5, 0.6) is 0 Å². The van der Waals surface area contributed by atoms with Gasteiger partial charge in [0.05, 0.1) is 22.8 Å². The fourth-order valence-corrected chi connectivity index (χ4v) is 3.33. The standard InChI is InChI=1S/C17H31N3O6S2/c1-11(2)25-15(21)18-14(10-27-19-16(22)26-12(3)4)9-13(5)28(23,24)20-17(6,7)8/h9-12,20H,1-8H3,(H,18,21)(H,19,22)/b13-9+,14-10+. The zero-order chi connectivity index (χ0) is 22.1. The highest BCUT2D eigenvalue weighted by molar-refractivity contribution is 8.00. The lowest BCUT2D eigenvalue weighted by Gasteiger charge is -2.20. The van der Waals surface area contributed by atoms with E-state index in [1.807, 2.05) is 0 Å². The number of hydrogen-bond acceptors (Lipinski definition) is 7. The van der Waals surface area contributed by atoms with Crippen LogP contribution >= 0.6 is 11.9 Å². The van der Waals surface area contributed by atoms with E-state index in [9.17, 15) is 18.0 Å². The topological polar surface area (TPSA) is 123 Å². The fraction of sp³-hybridized carbons (Fsp3) is 0.647. The molecule has 9 nitrogen and oxygen atoms in total. The third kappa shape index (κ3) is 12.6. The molecule has 0 saturated heterocycles. The van der Waals surface area contributed by atoms with E-state index in [4.69, 9.17) is 9.47 Å². The fourth-order valence-electron chi connectivity index (χ4n) is 1.62. The first-order chi connectivity index (χ1) is 12.6. The molecule has 3 N–H and O–H groups in total. The van der Waals surface area contributed by atoms with Crippen LogP contribution in [0.2, 0.25) is 0 Å². The average molecular weight is 438 g/mol. The third-order valence-electron chi connectivity index (χ3n) is 2.48. The molecule has 11 heteroatoms. The number of nitrogens with one attached hydrogen (secondary N) is 3. The van der Waals surface area contributed by atoms with Gasteiger partial charge in [-0.2, -0.15) is 0 Å². The Labute approximate surface area is 171 Å². The van der Waals surface area contributed by atoms with E-state index >= 15 is 0 Å². The van der Waals surface area contributed by atoms with Crippen molar-refractivity contribution in [1.29, 1.82) is 0 Å². The lowest BCUT2D eigenvalue weighted by Crippen LogP contribution is -2.40. The molecule has 0 unspecified atom stereocenters. The molecule has 0 aliphatic carbocycles. The van der Waals surface area contributed by atoms with Gasteiger partial charge >= 0.3 is 12.2 Å². The summed E-state index contributed by atoms with van der Waals surface area (Å²) in [4.78, 5) is 23.4. The summed E-state index contributed by atoms with van der Waals surface area (Å²) in [5.41, 5.74) is -0.545. The Morgan fingerprint density at radius 2 is 1.50 bits per heavy atom. The van der Waals surface area contributed by atoms with Gasteiger partial charge in [0, 0.05) is 10.9 Å². The molecular formula is C17H31N3O6S2. The van der Waals surface area contributed by atoms with E-state index in [0.717, 1.165) is 11.9 Å². The molecule has 0 heterocycles. The maximum Gasteiger partial charge on any atom is 0.417 e. The number of allylic oxidation sites excluding steroid dienone is 2. The second kappa shape index (κ2) is 11.3. The molecule has 0 bridgehead atoms. The maximum atomic E-state index is 12.4. The second-order valence-electron chi connectivity index (χ2n) is 7.44. The first kappa shape index (κ1) is 26.3. The van der Waals surface area contributed by atoms with Crippen molar-refractivity contribution in [2.75, 3.05) is 0 Å². The van der Waals surface area contributed by atoms with Crippen LogP contribution < -0.4 is 14.8 Å². The monoisotopic (exact) mass is 437 g/mol. The number of carbonyl (C=O) groups excluding carboxylic acids is 2. The summed E-state index contributed by atoms with van der Waals surface area (Å²) in [6.45, 7) is 13.3. The van der Waals surface area contributed by atoms with Crippen LogP contribution in [0, 0.1) is 0 Å². The van der Waals surface area contributed by atoms with Gasteiger partial charge in [0.25, 0.3) is 0 Å². The van der Waals surface area contributed by atoms with Crippen LogP contribution in [0.4, 0.5) is 9.59 Å². The molecule has 0 aliphatic rings. The Kier molecular flexibility index (Phi) is 10.6. The van der Waals surface area contributed by atoms with Gasteiger partial charge < -0.3 is 9.47 Å². The molecule has 162 valence electrons. The zero-order valence-electron chi connectivity index (χ0n) is 17.6. The summed E-state index contributed by atoms with van der Waals surface area (Å²) in [5, 5.41) is 3.81. The zero-order valence-corrected chi connectivity index (χ0v) is 19.2. The van der Waals surface area contributed by atoms with Gasteiger partial charge in [0.2, 0.25) is 10.0 Å². The van der Waals surface area contributed by atoms with Crippen molar-refractivity contribution in [2.24, 2.45) is 0 Å². The lowest BCUT2D eigenvalue weighted by molar-refractivity contribution is 0.118. The van der Waals surface area contributed by atoms with Gasteiger partial charge in [0.1, 0.15) is 0 Å². The summed E-state index contributed by atoms with van der Waals surface area (Å²) >= 11 is 0.821. The van der Waals surface area contributed by atoms with E-state index in [1.54, 1.807) is 48.5 Å². The Balaban J connectivity index is 5.44. The van der Waals surface area contributed by atoms with Gasteiger partial charge in [-0.15, -0.1) is 0 Å². The first-order valence-electron chi connectivity index (χ1n) is 8.64. The highest BCUT2D eigenvalue weighted by atomic mass is 32.2. The maximum absolute atomic E-state index is 12.4. The molecule has 0 aromatic rings. The van der Waals surface area contributed by atoms with Crippen LogP contribution in [0.3, 0.4) is 0 Å². The molecule has 28 heavy (non-hydrogen) atoms. The van der Waals surface area contributed by atoms with Crippen LogP contribution in [-0.4, -0.2) is 38.4 Å². The summed E-state index contributed by atoms with van der Waals surface area (Å²) in [5.74, 6) is 0. The molecule has 0 aromatic heterocycles. The minimum Gasteiger partial charge on any atom is -0.447 e. The molecule has 0 atom stereocenters. The molecular weight excluding hydrogens is 406 g/mol. The molecule has 0 radical (unpaired) electrons. The molecule has 0 fully saturated rings. The summed E-state index contributed by atoms with van der Waals surface area (Å²) in [7, 11) is -3.77. The highest BCUT2D eigenvalue weighted by Gasteiger charge is 2.22. The Morgan fingerprint density at radius 1 is 1.00 bits per heavy atom. The lowest BCUT2D eigenvalue weighted by atomic mass is 10.1. The Hall–Kier alpha value is -1.72. The van der Waals surface area contributed by atoms with Crippen LogP contribution in [0.15, 0.2) is 22.1 Å². The number of hydrogen-bond donors (Lipinski definition) is 3. The number of rotatable bonds is 8. The van der Waals surface area contributed by atoms with E-state index in [1.165, 1.54) is 18.4 Å². The molecule has 2 amide bonds. The van der Waals surface area contributed by atoms with Gasteiger partial charge in [0.15, 0.2) is 0 Å². The first-order valence-corrected chi connectivity index (χ1v) is 11.0. The number of ether oxygens (including phenoxy) is 2. The second-order valence-corrected chi connectivity index (χ2v) is 9.97. The van der Waals surface area contributed by atoms with Crippen molar-refractivity contribution in [1.82, 2.24) is 14.8 Å². The van der Waals surface area contributed by atoms with Crippen LogP contribution in [0.1, 0.15) is 55.4 Å². The predicted octanol–water partition coefficient (Wildman–Crippen LogP) is 3.37. The minimum absolute atomic E-state index is 0.0242. The number of amides is 2.